The fourth-order valence-electron chi connectivity index (χ4n) is 4.32. The number of hydrogen-bond donors (Lipinski definition) is 1. The summed E-state index contributed by atoms with van der Waals surface area (Å²) in [4.78, 5) is 38.4. The minimum absolute atomic E-state index is 0.0323. The van der Waals surface area contributed by atoms with Crippen LogP contribution in [0, 0.1) is 5.92 Å². The predicted molar refractivity (Wildman–Crippen MR) is 88.1 cm³/mol. The first-order valence-electron chi connectivity index (χ1n) is 8.64. The number of pyridine rings is 1. The van der Waals surface area contributed by atoms with Crippen molar-refractivity contribution in [1.29, 1.82) is 0 Å². The van der Waals surface area contributed by atoms with Gasteiger partial charge in [-0.2, -0.15) is 0 Å². The van der Waals surface area contributed by atoms with Gasteiger partial charge in [-0.3, -0.25) is 9.20 Å². The van der Waals surface area contributed by atoms with E-state index < -0.39 is 17.7 Å². The van der Waals surface area contributed by atoms with E-state index in [-0.39, 0.29) is 24.4 Å². The first kappa shape index (κ1) is 15.9. The molecule has 1 aliphatic carbocycles. The Kier molecular flexibility index (Phi) is 3.82. The van der Waals surface area contributed by atoms with Crippen LogP contribution in [-0.4, -0.2) is 48.1 Å². The number of carboxylic acids is 1. The highest BCUT2D eigenvalue weighted by Crippen LogP contribution is 2.39. The second-order valence-corrected chi connectivity index (χ2v) is 6.87. The average molecular weight is 344 g/mol. The molecule has 0 radical (unpaired) electrons. The molecule has 8 heteroatoms. The summed E-state index contributed by atoms with van der Waals surface area (Å²) in [5, 5.41) is 13.7. The fraction of sp³-hybridized carbons (Fsp3) is 0.529. The lowest BCUT2D eigenvalue weighted by Crippen LogP contribution is -2.48. The van der Waals surface area contributed by atoms with Gasteiger partial charge in [0.1, 0.15) is 12.6 Å². The second kappa shape index (κ2) is 6.02. The summed E-state index contributed by atoms with van der Waals surface area (Å²) in [6.07, 6.45) is 5.99. The van der Waals surface area contributed by atoms with Crippen LogP contribution in [0.3, 0.4) is 0 Å². The monoisotopic (exact) mass is 344 g/mol. The number of carbonyl (C=O) groups is 2. The van der Waals surface area contributed by atoms with Crippen molar-refractivity contribution >= 4 is 17.5 Å². The van der Waals surface area contributed by atoms with Crippen LogP contribution in [0.5, 0.6) is 0 Å². The van der Waals surface area contributed by atoms with Crippen LogP contribution in [0.2, 0.25) is 0 Å². The Balaban J connectivity index is 1.63. The van der Waals surface area contributed by atoms with Gasteiger partial charge in [0.2, 0.25) is 5.91 Å². The Morgan fingerprint density at radius 3 is 2.80 bits per heavy atom. The largest absolute Gasteiger partial charge is 0.480 e. The van der Waals surface area contributed by atoms with Gasteiger partial charge in [0.05, 0.1) is 0 Å². The Hall–Kier alpha value is -2.64. The SMILES string of the molecule is O=C(O)[C@@H]1C[C@H]2CCCC[C@@H]2N1C(=O)Cn1nc2ccccn2c1=O. The number of fused-ring (bicyclic) bond motifs is 2. The zero-order valence-electron chi connectivity index (χ0n) is 13.7. The van der Waals surface area contributed by atoms with Crippen molar-refractivity contribution in [3.8, 4) is 0 Å². The molecule has 1 amide bonds. The van der Waals surface area contributed by atoms with E-state index in [0.29, 0.717) is 12.1 Å². The third-order valence-corrected chi connectivity index (χ3v) is 5.43. The molecule has 2 aromatic rings. The van der Waals surface area contributed by atoms with E-state index in [1.165, 1.54) is 9.30 Å². The smallest absolute Gasteiger partial charge is 0.350 e. The van der Waals surface area contributed by atoms with Gasteiger partial charge in [-0.25, -0.2) is 14.3 Å². The minimum Gasteiger partial charge on any atom is -0.480 e. The third-order valence-electron chi connectivity index (χ3n) is 5.43. The minimum atomic E-state index is -0.968. The predicted octanol–water partition coefficient (Wildman–Crippen LogP) is 0.740. The number of aromatic nitrogens is 3. The molecule has 1 saturated heterocycles. The van der Waals surface area contributed by atoms with E-state index in [1.54, 1.807) is 24.4 Å². The van der Waals surface area contributed by atoms with Gasteiger partial charge in [-0.15, -0.1) is 5.10 Å². The highest BCUT2D eigenvalue weighted by molar-refractivity contribution is 5.84. The molecule has 0 unspecified atom stereocenters. The van der Waals surface area contributed by atoms with Gasteiger partial charge in [-0.05, 0) is 37.3 Å². The topological polar surface area (TPSA) is 96.9 Å². The molecule has 1 saturated carbocycles. The van der Waals surface area contributed by atoms with Crippen LogP contribution in [0.15, 0.2) is 29.2 Å². The summed E-state index contributed by atoms with van der Waals surface area (Å²) in [7, 11) is 0. The van der Waals surface area contributed by atoms with Gasteiger partial charge in [0, 0.05) is 12.2 Å². The van der Waals surface area contributed by atoms with Gasteiger partial charge in [0.15, 0.2) is 5.65 Å². The number of amides is 1. The number of hydrogen-bond acceptors (Lipinski definition) is 4. The lowest BCUT2D eigenvalue weighted by atomic mass is 9.85. The Labute approximate surface area is 143 Å². The highest BCUT2D eigenvalue weighted by Gasteiger charge is 2.47. The van der Waals surface area contributed by atoms with Gasteiger partial charge < -0.3 is 10.0 Å². The van der Waals surface area contributed by atoms with E-state index >= 15 is 0 Å². The number of carbonyl (C=O) groups excluding carboxylic acids is 1. The van der Waals surface area contributed by atoms with Crippen molar-refractivity contribution in [3.63, 3.8) is 0 Å². The standard InChI is InChI=1S/C17H20N4O4/c22-15(10-20-17(25)19-8-4-3-7-14(19)18-20)21-12-6-2-1-5-11(12)9-13(21)16(23)24/h3-4,7-8,11-13H,1-2,5-6,9-10H2,(H,23,24)/t11-,12+,13+/m1/s1. The molecule has 1 N–H and O–H groups in total. The molecular formula is C17H20N4O4. The zero-order valence-corrected chi connectivity index (χ0v) is 13.7. The third kappa shape index (κ3) is 2.61. The second-order valence-electron chi connectivity index (χ2n) is 6.87. The Morgan fingerprint density at radius 1 is 1.24 bits per heavy atom. The Morgan fingerprint density at radius 2 is 2.04 bits per heavy atom. The quantitative estimate of drug-likeness (QED) is 0.886. The van der Waals surface area contributed by atoms with Crippen molar-refractivity contribution < 1.29 is 14.7 Å². The van der Waals surface area contributed by atoms with Crippen molar-refractivity contribution in [3.05, 3.63) is 34.9 Å². The van der Waals surface area contributed by atoms with E-state index in [4.69, 9.17) is 0 Å². The number of nitrogens with zero attached hydrogens (tertiary/aromatic N) is 4. The lowest BCUT2D eigenvalue weighted by Gasteiger charge is -2.32. The maximum atomic E-state index is 12.9. The molecule has 25 heavy (non-hydrogen) atoms. The first-order chi connectivity index (χ1) is 12.1. The fourth-order valence-corrected chi connectivity index (χ4v) is 4.32. The van der Waals surface area contributed by atoms with Gasteiger partial charge >= 0.3 is 11.7 Å². The molecule has 2 aromatic heterocycles. The molecular weight excluding hydrogens is 324 g/mol. The summed E-state index contributed by atoms with van der Waals surface area (Å²) >= 11 is 0. The number of likely N-dealkylation sites (tertiary alicyclic amines) is 1. The summed E-state index contributed by atoms with van der Waals surface area (Å²) < 4.78 is 2.49. The van der Waals surface area contributed by atoms with E-state index in [2.05, 4.69) is 5.10 Å². The molecule has 2 aliphatic rings. The molecule has 0 aromatic carbocycles. The number of carboxylic acid groups (broad SMARTS) is 1. The van der Waals surface area contributed by atoms with Gasteiger partial charge in [0.25, 0.3) is 0 Å². The normalized spacial score (nSPS) is 25.9. The summed E-state index contributed by atoms with van der Waals surface area (Å²) in [6.45, 7) is -0.229. The molecule has 0 bridgehead atoms. The van der Waals surface area contributed by atoms with Crippen molar-refractivity contribution in [2.75, 3.05) is 0 Å². The molecule has 132 valence electrons. The lowest BCUT2D eigenvalue weighted by molar-refractivity contribution is -0.150. The van der Waals surface area contributed by atoms with E-state index in [0.717, 1.165) is 30.4 Å². The van der Waals surface area contributed by atoms with Crippen molar-refractivity contribution in [2.45, 2.75) is 50.7 Å². The molecule has 0 spiro atoms. The molecule has 8 nitrogen and oxygen atoms in total. The molecule has 2 fully saturated rings. The Bertz CT molecular complexity index is 886. The molecule has 3 atom stereocenters. The summed E-state index contributed by atoms with van der Waals surface area (Å²) in [5.41, 5.74) is 0.0715. The first-order valence-corrected chi connectivity index (χ1v) is 8.64. The summed E-state index contributed by atoms with van der Waals surface area (Å²) in [5.74, 6) is -1.06. The van der Waals surface area contributed by atoms with E-state index in [9.17, 15) is 19.5 Å². The van der Waals surface area contributed by atoms with Crippen LogP contribution < -0.4 is 5.69 Å². The zero-order chi connectivity index (χ0) is 17.6. The number of rotatable bonds is 3. The molecule has 1 aliphatic heterocycles. The maximum absolute atomic E-state index is 12.9. The van der Waals surface area contributed by atoms with Crippen LogP contribution in [0.1, 0.15) is 32.1 Å². The van der Waals surface area contributed by atoms with Crippen LogP contribution in [0.4, 0.5) is 0 Å². The average Bonchev–Trinajstić information content (AvgIpc) is 3.14. The van der Waals surface area contributed by atoms with Crippen LogP contribution in [0.25, 0.3) is 5.65 Å². The number of aliphatic carboxylic acids is 1. The molecule has 4 rings (SSSR count). The van der Waals surface area contributed by atoms with Crippen LogP contribution >= 0.6 is 0 Å². The van der Waals surface area contributed by atoms with Crippen LogP contribution in [-0.2, 0) is 16.1 Å². The van der Waals surface area contributed by atoms with Crippen molar-refractivity contribution in [1.82, 2.24) is 19.1 Å². The van der Waals surface area contributed by atoms with E-state index in [1.807, 2.05) is 0 Å². The maximum Gasteiger partial charge on any atom is 0.350 e. The summed E-state index contributed by atoms with van der Waals surface area (Å²) in [6, 6.07) is 4.34. The molecule has 3 heterocycles. The van der Waals surface area contributed by atoms with Crippen molar-refractivity contribution in [2.24, 2.45) is 5.92 Å². The van der Waals surface area contributed by atoms with Gasteiger partial charge in [-0.1, -0.05) is 18.9 Å². The highest BCUT2D eigenvalue weighted by atomic mass is 16.4.